The van der Waals surface area contributed by atoms with Gasteiger partial charge in [0.1, 0.15) is 5.82 Å². The number of carbonyl (C=O) groups is 1. The van der Waals surface area contributed by atoms with Crippen LogP contribution in [0.2, 0.25) is 0 Å². The molecule has 1 aliphatic heterocycles. The smallest absolute Gasteiger partial charge is 0.466 e. The van der Waals surface area contributed by atoms with Gasteiger partial charge in [0, 0.05) is 42.5 Å². The summed E-state index contributed by atoms with van der Waals surface area (Å²) in [6.45, 7) is 13.1. The lowest BCUT2D eigenvalue weighted by molar-refractivity contribution is -0.143. The molecular formula is C30H40BFN4O4. The summed E-state index contributed by atoms with van der Waals surface area (Å²) in [6.07, 6.45) is 4.40. The zero-order valence-corrected chi connectivity index (χ0v) is 23.9. The molecule has 40 heavy (non-hydrogen) atoms. The first-order valence-electron chi connectivity index (χ1n) is 13.6. The number of halogens is 1. The zero-order chi connectivity index (χ0) is 29.3. The fourth-order valence-corrected chi connectivity index (χ4v) is 4.60. The predicted octanol–water partition coefficient (Wildman–Crippen LogP) is 5.30. The molecule has 0 radical (unpaired) electrons. The second kappa shape index (κ2) is 13.7. The highest BCUT2D eigenvalue weighted by molar-refractivity contribution is 6.63. The van der Waals surface area contributed by atoms with Gasteiger partial charge in [-0.25, -0.2) is 4.39 Å². The number of anilines is 2. The number of ether oxygens (including phenoxy) is 1. The third kappa shape index (κ3) is 7.58. The summed E-state index contributed by atoms with van der Waals surface area (Å²) in [5.41, 5.74) is 2.80. The maximum atomic E-state index is 13.8. The van der Waals surface area contributed by atoms with Gasteiger partial charge in [0.25, 0.3) is 0 Å². The summed E-state index contributed by atoms with van der Waals surface area (Å²) in [5, 5.41) is 21.8. The molecule has 3 rings (SSSR count). The number of carbonyl (C=O) groups excluding carboxylic acids is 1. The lowest BCUT2D eigenvalue weighted by atomic mass is 9.75. The lowest BCUT2D eigenvalue weighted by Gasteiger charge is -2.36. The van der Waals surface area contributed by atoms with E-state index in [-0.39, 0.29) is 31.1 Å². The van der Waals surface area contributed by atoms with Crippen LogP contribution in [-0.4, -0.2) is 56.4 Å². The van der Waals surface area contributed by atoms with Crippen LogP contribution in [0.15, 0.2) is 48.6 Å². The molecule has 1 heterocycles. The molecule has 1 unspecified atom stereocenters. The van der Waals surface area contributed by atoms with E-state index >= 15 is 0 Å². The largest absolute Gasteiger partial charge is 0.495 e. The van der Waals surface area contributed by atoms with Gasteiger partial charge in [-0.3, -0.25) is 4.79 Å². The lowest BCUT2D eigenvalue weighted by Crippen LogP contribution is -2.44. The SMILES string of the molecule is C=C(C)CCNc1cccc(B2OC(C)(C)C(C)(CCCOC(=O)CCNc3cccc(F)c3C=N)O2)c1C=N. The van der Waals surface area contributed by atoms with Crippen molar-refractivity contribution < 1.29 is 23.2 Å². The minimum absolute atomic E-state index is 0.113. The molecule has 2 aromatic carbocycles. The Labute approximate surface area is 236 Å². The first-order chi connectivity index (χ1) is 19.0. The molecule has 0 bridgehead atoms. The van der Waals surface area contributed by atoms with Crippen LogP contribution in [0.4, 0.5) is 15.8 Å². The minimum Gasteiger partial charge on any atom is -0.466 e. The second-order valence-electron chi connectivity index (χ2n) is 10.7. The number of esters is 1. The molecule has 0 aromatic heterocycles. The van der Waals surface area contributed by atoms with Crippen LogP contribution in [0, 0.1) is 16.6 Å². The normalized spacial score (nSPS) is 17.8. The van der Waals surface area contributed by atoms with Gasteiger partial charge in [0.15, 0.2) is 0 Å². The van der Waals surface area contributed by atoms with Crippen LogP contribution in [0.25, 0.3) is 0 Å². The molecule has 0 saturated carbocycles. The monoisotopic (exact) mass is 550 g/mol. The molecule has 214 valence electrons. The Morgan fingerprint density at radius 3 is 2.30 bits per heavy atom. The number of hydrogen-bond acceptors (Lipinski definition) is 8. The van der Waals surface area contributed by atoms with E-state index in [1.165, 1.54) is 12.3 Å². The molecule has 4 N–H and O–H groups in total. The van der Waals surface area contributed by atoms with Crippen molar-refractivity contribution in [3.63, 3.8) is 0 Å². The van der Waals surface area contributed by atoms with Gasteiger partial charge in [-0.1, -0.05) is 23.8 Å². The van der Waals surface area contributed by atoms with Gasteiger partial charge in [0.05, 0.1) is 29.8 Å². The predicted molar refractivity (Wildman–Crippen MR) is 160 cm³/mol. The third-order valence-corrected chi connectivity index (χ3v) is 7.35. The van der Waals surface area contributed by atoms with E-state index < -0.39 is 24.1 Å². The van der Waals surface area contributed by atoms with Crippen molar-refractivity contribution in [1.29, 1.82) is 10.8 Å². The van der Waals surface area contributed by atoms with E-state index in [0.29, 0.717) is 18.5 Å². The molecule has 1 saturated heterocycles. The number of hydrogen-bond donors (Lipinski definition) is 4. The van der Waals surface area contributed by atoms with Crippen LogP contribution >= 0.6 is 0 Å². The Morgan fingerprint density at radius 1 is 1.02 bits per heavy atom. The molecule has 1 atom stereocenters. The van der Waals surface area contributed by atoms with Gasteiger partial charge in [-0.05, 0) is 70.6 Å². The van der Waals surface area contributed by atoms with Crippen LogP contribution < -0.4 is 16.1 Å². The molecule has 1 aliphatic rings. The fourth-order valence-electron chi connectivity index (χ4n) is 4.60. The summed E-state index contributed by atoms with van der Waals surface area (Å²) >= 11 is 0. The highest BCUT2D eigenvalue weighted by Crippen LogP contribution is 2.40. The molecule has 0 amide bonds. The van der Waals surface area contributed by atoms with Crippen LogP contribution in [0.1, 0.15) is 64.5 Å². The molecule has 2 aromatic rings. The topological polar surface area (TPSA) is 117 Å². The number of nitrogens with one attached hydrogen (secondary N) is 4. The van der Waals surface area contributed by atoms with Crippen molar-refractivity contribution in [2.24, 2.45) is 0 Å². The molecule has 1 fully saturated rings. The minimum atomic E-state index is -0.644. The van der Waals surface area contributed by atoms with Gasteiger partial charge < -0.3 is 35.5 Å². The summed E-state index contributed by atoms with van der Waals surface area (Å²) in [4.78, 5) is 12.2. The van der Waals surface area contributed by atoms with E-state index in [9.17, 15) is 9.18 Å². The number of benzene rings is 2. The molecule has 10 heteroatoms. The first kappa shape index (κ1) is 31.0. The molecule has 0 aliphatic carbocycles. The molecule has 0 spiro atoms. The van der Waals surface area contributed by atoms with E-state index in [4.69, 9.17) is 24.9 Å². The zero-order valence-electron chi connectivity index (χ0n) is 23.9. The van der Waals surface area contributed by atoms with Crippen LogP contribution in [0.5, 0.6) is 0 Å². The first-order valence-corrected chi connectivity index (χ1v) is 13.6. The van der Waals surface area contributed by atoms with Crippen molar-refractivity contribution >= 4 is 42.4 Å². The van der Waals surface area contributed by atoms with E-state index in [0.717, 1.165) is 41.5 Å². The molecule has 8 nitrogen and oxygen atoms in total. The van der Waals surface area contributed by atoms with Crippen LogP contribution in [0.3, 0.4) is 0 Å². The average molecular weight is 550 g/mol. The Bertz CT molecular complexity index is 1240. The maximum absolute atomic E-state index is 13.8. The Balaban J connectivity index is 1.52. The van der Waals surface area contributed by atoms with Crippen molar-refractivity contribution in [2.75, 3.05) is 30.3 Å². The van der Waals surface area contributed by atoms with Gasteiger partial charge >= 0.3 is 13.1 Å². The van der Waals surface area contributed by atoms with Crippen molar-refractivity contribution in [3.05, 3.63) is 65.5 Å². The maximum Gasteiger partial charge on any atom is 0.495 e. The van der Waals surface area contributed by atoms with Crippen LogP contribution in [-0.2, 0) is 18.8 Å². The quantitative estimate of drug-likeness (QED) is 0.0786. The summed E-state index contributed by atoms with van der Waals surface area (Å²) < 4.78 is 32.0. The summed E-state index contributed by atoms with van der Waals surface area (Å²) in [5.74, 6) is -0.853. The standard InChI is InChI=1S/C30H40BFN4O4/c1-21(2)13-16-35-26-11-6-9-24(22(26)19-33)31-39-29(3,4)30(5,40-31)15-8-18-38-28(37)14-17-36-27-12-7-10-25(32)23(27)20-34/h6-7,9-12,19-20,33-36H,1,8,13-18H2,2-5H3. The third-order valence-electron chi connectivity index (χ3n) is 7.35. The Morgan fingerprint density at radius 2 is 1.65 bits per heavy atom. The van der Waals surface area contributed by atoms with E-state index in [1.54, 1.807) is 12.1 Å². The average Bonchev–Trinajstić information content (AvgIpc) is 3.14. The van der Waals surface area contributed by atoms with E-state index in [1.807, 2.05) is 45.9 Å². The van der Waals surface area contributed by atoms with Gasteiger partial charge in [-0.15, -0.1) is 6.58 Å². The Hall–Kier alpha value is -3.50. The molecular weight excluding hydrogens is 510 g/mol. The van der Waals surface area contributed by atoms with Gasteiger partial charge in [0.2, 0.25) is 0 Å². The summed E-state index contributed by atoms with van der Waals surface area (Å²) in [6, 6.07) is 10.3. The summed E-state index contributed by atoms with van der Waals surface area (Å²) in [7, 11) is -0.637. The van der Waals surface area contributed by atoms with Crippen molar-refractivity contribution in [1.82, 2.24) is 0 Å². The van der Waals surface area contributed by atoms with Crippen molar-refractivity contribution in [2.45, 2.75) is 64.6 Å². The highest BCUT2D eigenvalue weighted by atomic mass is 19.1. The second-order valence-corrected chi connectivity index (χ2v) is 10.7. The number of rotatable bonds is 15. The van der Waals surface area contributed by atoms with Crippen molar-refractivity contribution in [3.8, 4) is 0 Å². The highest BCUT2D eigenvalue weighted by Gasteiger charge is 2.54. The van der Waals surface area contributed by atoms with Gasteiger partial charge in [-0.2, -0.15) is 0 Å². The fraction of sp³-hybridized carbons (Fsp3) is 0.433. The van der Waals surface area contributed by atoms with E-state index in [2.05, 4.69) is 17.2 Å². The Kier molecular flexibility index (Phi) is 10.6.